The van der Waals surface area contributed by atoms with Crippen molar-refractivity contribution in [2.75, 3.05) is 9.96 Å². The van der Waals surface area contributed by atoms with E-state index in [9.17, 15) is 19.5 Å². The number of carboxylic acids is 1. The number of benzene rings is 3. The van der Waals surface area contributed by atoms with Gasteiger partial charge in [-0.1, -0.05) is 54.1 Å². The van der Waals surface area contributed by atoms with E-state index in [1.54, 1.807) is 66.7 Å². The summed E-state index contributed by atoms with van der Waals surface area (Å²) >= 11 is 5.94. The van der Waals surface area contributed by atoms with E-state index in [0.29, 0.717) is 22.0 Å². The first kappa shape index (κ1) is 20.2. The molecule has 3 atom stereocenters. The highest BCUT2D eigenvalue weighted by molar-refractivity contribution is 6.31. The van der Waals surface area contributed by atoms with Gasteiger partial charge in [-0.15, -0.1) is 0 Å². The monoisotopic (exact) mass is 447 g/mol. The van der Waals surface area contributed by atoms with Crippen LogP contribution >= 0.6 is 11.6 Å². The van der Waals surface area contributed by atoms with Crippen molar-refractivity contribution in [3.8, 4) is 0 Å². The molecule has 0 aliphatic carbocycles. The van der Waals surface area contributed by atoms with Crippen LogP contribution in [0.3, 0.4) is 0 Å². The van der Waals surface area contributed by atoms with Gasteiger partial charge in [0, 0.05) is 10.6 Å². The number of carbonyl (C=O) groups excluding carboxylic acids is 3. The topological polar surface area (TPSA) is 90.0 Å². The number of hydroxylamine groups is 1. The Morgan fingerprint density at radius 2 is 1.50 bits per heavy atom. The van der Waals surface area contributed by atoms with Gasteiger partial charge in [0.1, 0.15) is 5.92 Å². The number of carbonyl (C=O) groups is 3. The summed E-state index contributed by atoms with van der Waals surface area (Å²) in [7, 11) is 0. The molecule has 0 bridgehead atoms. The summed E-state index contributed by atoms with van der Waals surface area (Å²) in [5, 5.41) is 13.8. The highest BCUT2D eigenvalue weighted by Crippen LogP contribution is 2.48. The molecule has 2 fully saturated rings. The number of para-hydroxylation sites is 1. The quantitative estimate of drug-likeness (QED) is 0.571. The van der Waals surface area contributed by atoms with E-state index in [0.717, 1.165) is 4.90 Å². The Kier molecular flexibility index (Phi) is 4.92. The highest BCUT2D eigenvalue weighted by Gasteiger charge is 2.60. The zero-order valence-electron chi connectivity index (χ0n) is 16.6. The van der Waals surface area contributed by atoms with Gasteiger partial charge in [0.2, 0.25) is 5.91 Å². The molecule has 0 unspecified atom stereocenters. The Morgan fingerprint density at radius 1 is 0.844 bits per heavy atom. The van der Waals surface area contributed by atoms with Crippen LogP contribution < -0.4 is 15.1 Å². The van der Waals surface area contributed by atoms with E-state index in [2.05, 4.69) is 0 Å². The van der Waals surface area contributed by atoms with E-state index in [-0.39, 0.29) is 5.56 Å². The fraction of sp³-hybridized carbons (Fsp3) is 0.125. The second-order valence-corrected chi connectivity index (χ2v) is 7.96. The summed E-state index contributed by atoms with van der Waals surface area (Å²) < 4.78 is 0. The number of nitrogens with zero attached hydrogens (tertiary/aromatic N) is 2. The van der Waals surface area contributed by atoms with Crippen LogP contribution in [0.2, 0.25) is 5.02 Å². The SMILES string of the molecule is O=C([O-])c1ccccc1[C@@H]1[C@@H]2C(=O)N(c3ccc(Cl)cc3)C(=O)[C@@H]2ON1c1ccccc1. The largest absolute Gasteiger partial charge is 0.545 e. The van der Waals surface area contributed by atoms with E-state index >= 15 is 0 Å². The van der Waals surface area contributed by atoms with Gasteiger partial charge in [0.25, 0.3) is 5.91 Å². The fourth-order valence-electron chi connectivity index (χ4n) is 4.31. The molecule has 2 saturated heterocycles. The third-order valence-electron chi connectivity index (χ3n) is 5.71. The number of anilines is 2. The van der Waals surface area contributed by atoms with Crippen molar-refractivity contribution in [2.24, 2.45) is 5.92 Å². The predicted molar refractivity (Wildman–Crippen MR) is 115 cm³/mol. The smallest absolute Gasteiger partial charge is 0.266 e. The van der Waals surface area contributed by atoms with Crippen molar-refractivity contribution in [3.05, 3.63) is 95.0 Å². The van der Waals surface area contributed by atoms with E-state index in [4.69, 9.17) is 16.4 Å². The van der Waals surface area contributed by atoms with Crippen LogP contribution in [0.1, 0.15) is 22.0 Å². The van der Waals surface area contributed by atoms with Crippen molar-refractivity contribution >= 4 is 40.8 Å². The molecule has 5 rings (SSSR count). The lowest BCUT2D eigenvalue weighted by Gasteiger charge is -2.30. The average molecular weight is 448 g/mol. The lowest BCUT2D eigenvalue weighted by molar-refractivity contribution is -0.255. The number of halogens is 1. The molecule has 3 aromatic carbocycles. The molecule has 8 heteroatoms. The molecule has 2 heterocycles. The van der Waals surface area contributed by atoms with Crippen molar-refractivity contribution in [1.82, 2.24) is 0 Å². The summed E-state index contributed by atoms with van der Waals surface area (Å²) in [6, 6.07) is 20.7. The minimum Gasteiger partial charge on any atom is -0.545 e. The molecule has 160 valence electrons. The maximum absolute atomic E-state index is 13.5. The van der Waals surface area contributed by atoms with Gasteiger partial charge in [-0.3, -0.25) is 14.4 Å². The molecule has 3 aromatic rings. The third kappa shape index (κ3) is 3.14. The molecule has 0 aromatic heterocycles. The zero-order valence-corrected chi connectivity index (χ0v) is 17.3. The Labute approximate surface area is 188 Å². The number of hydrogen-bond acceptors (Lipinski definition) is 6. The van der Waals surface area contributed by atoms with Crippen LogP contribution in [-0.4, -0.2) is 23.9 Å². The Balaban J connectivity index is 1.63. The number of aromatic carboxylic acids is 1. The van der Waals surface area contributed by atoms with E-state index in [1.165, 1.54) is 11.1 Å². The van der Waals surface area contributed by atoms with Gasteiger partial charge in [-0.05, 0) is 42.0 Å². The number of rotatable bonds is 4. The third-order valence-corrected chi connectivity index (χ3v) is 5.96. The minimum atomic E-state index is -1.37. The van der Waals surface area contributed by atoms with Gasteiger partial charge < -0.3 is 9.90 Å². The summed E-state index contributed by atoms with van der Waals surface area (Å²) in [6.45, 7) is 0. The molecular weight excluding hydrogens is 432 g/mol. The first-order valence-electron chi connectivity index (χ1n) is 9.92. The first-order chi connectivity index (χ1) is 15.5. The summed E-state index contributed by atoms with van der Waals surface area (Å²) in [4.78, 5) is 45.7. The second kappa shape index (κ2) is 7.78. The Morgan fingerprint density at radius 3 is 2.19 bits per heavy atom. The van der Waals surface area contributed by atoms with Crippen molar-refractivity contribution in [1.29, 1.82) is 0 Å². The summed E-state index contributed by atoms with van der Waals surface area (Å²) in [5.74, 6) is -3.31. The van der Waals surface area contributed by atoms with Crippen LogP contribution in [0.25, 0.3) is 0 Å². The lowest BCUT2D eigenvalue weighted by Crippen LogP contribution is -2.38. The highest BCUT2D eigenvalue weighted by atomic mass is 35.5. The molecule has 2 aliphatic heterocycles. The minimum absolute atomic E-state index is 0.0622. The Bertz CT molecular complexity index is 1210. The zero-order chi connectivity index (χ0) is 22.4. The normalized spacial score (nSPS) is 22.3. The second-order valence-electron chi connectivity index (χ2n) is 7.52. The molecule has 2 amide bonds. The number of imide groups is 1. The van der Waals surface area contributed by atoms with Crippen molar-refractivity contribution in [3.63, 3.8) is 0 Å². The van der Waals surface area contributed by atoms with Crippen molar-refractivity contribution in [2.45, 2.75) is 12.1 Å². The molecule has 0 N–H and O–H groups in total. The van der Waals surface area contributed by atoms with Gasteiger partial charge in [0.15, 0.2) is 6.10 Å². The maximum Gasteiger partial charge on any atom is 0.266 e. The molecule has 0 radical (unpaired) electrons. The molecule has 0 spiro atoms. The maximum atomic E-state index is 13.5. The van der Waals surface area contributed by atoms with Gasteiger partial charge in [-0.2, -0.15) is 0 Å². The van der Waals surface area contributed by atoms with Gasteiger partial charge >= 0.3 is 0 Å². The standard InChI is InChI=1S/C24H17ClN2O5/c25-14-10-12-15(13-11-14)26-22(28)19-20(17-8-4-5-9-18(17)24(30)31)27(32-21(19)23(26)29)16-6-2-1-3-7-16/h1-13,19-21H,(H,30,31)/p-1/t19-,20+,21+/m0/s1. The summed E-state index contributed by atoms with van der Waals surface area (Å²) in [6.07, 6.45) is -1.10. The molecule has 32 heavy (non-hydrogen) atoms. The fourth-order valence-corrected chi connectivity index (χ4v) is 4.44. The predicted octanol–water partition coefficient (Wildman–Crippen LogP) is 2.75. The number of fused-ring (bicyclic) bond motifs is 1. The number of carboxylic acid groups (broad SMARTS) is 1. The first-order valence-corrected chi connectivity index (χ1v) is 10.3. The molecule has 0 saturated carbocycles. The Hall–Kier alpha value is -3.68. The van der Waals surface area contributed by atoms with Crippen LogP contribution in [0.4, 0.5) is 11.4 Å². The average Bonchev–Trinajstić information content (AvgIpc) is 3.31. The van der Waals surface area contributed by atoms with Gasteiger partial charge in [-0.25, -0.2) is 9.96 Å². The molecular formula is C24H16ClN2O5-. The molecule has 2 aliphatic rings. The lowest BCUT2D eigenvalue weighted by atomic mass is 9.88. The van der Waals surface area contributed by atoms with Gasteiger partial charge in [0.05, 0.1) is 23.4 Å². The number of amides is 2. The number of hydrogen-bond donors (Lipinski definition) is 0. The summed E-state index contributed by atoms with van der Waals surface area (Å²) in [5.41, 5.74) is 1.25. The van der Waals surface area contributed by atoms with Crippen LogP contribution in [0.15, 0.2) is 78.9 Å². The van der Waals surface area contributed by atoms with E-state index < -0.39 is 35.8 Å². The van der Waals surface area contributed by atoms with Crippen LogP contribution in [-0.2, 0) is 14.4 Å². The van der Waals surface area contributed by atoms with Crippen LogP contribution in [0, 0.1) is 5.92 Å². The molecule has 7 nitrogen and oxygen atoms in total. The van der Waals surface area contributed by atoms with Crippen LogP contribution in [0.5, 0.6) is 0 Å². The van der Waals surface area contributed by atoms with Crippen molar-refractivity contribution < 1.29 is 24.3 Å². The van der Waals surface area contributed by atoms with E-state index in [1.807, 2.05) is 6.07 Å².